The first kappa shape index (κ1) is 16.6. The Morgan fingerprint density at radius 2 is 1.88 bits per heavy atom. The summed E-state index contributed by atoms with van der Waals surface area (Å²) in [6, 6.07) is 11.5. The normalized spacial score (nSPS) is 12.0. The van der Waals surface area contributed by atoms with Gasteiger partial charge < -0.3 is 4.98 Å². The molecular formula is C16H12N4O4S2. The molecule has 0 atom stereocenters. The van der Waals surface area contributed by atoms with Gasteiger partial charge >= 0.3 is 5.69 Å². The molecule has 3 N–H and O–H groups in total. The van der Waals surface area contributed by atoms with Crippen LogP contribution in [0.5, 0.6) is 0 Å². The van der Waals surface area contributed by atoms with Crippen molar-refractivity contribution in [2.24, 2.45) is 0 Å². The third-order valence-electron chi connectivity index (χ3n) is 3.77. The van der Waals surface area contributed by atoms with Crippen molar-refractivity contribution >= 4 is 42.5 Å². The van der Waals surface area contributed by atoms with Crippen molar-refractivity contribution in [3.8, 4) is 0 Å². The average molecular weight is 388 g/mol. The van der Waals surface area contributed by atoms with Crippen molar-refractivity contribution < 1.29 is 8.42 Å². The number of hydrogen-bond donors (Lipinski definition) is 3. The van der Waals surface area contributed by atoms with Gasteiger partial charge in [0.2, 0.25) is 10.0 Å². The number of fused-ring (bicyclic) bond motifs is 2. The molecule has 0 amide bonds. The number of thiazole rings is 1. The second-order valence-corrected chi connectivity index (χ2v) is 8.40. The molecule has 0 aliphatic rings. The van der Waals surface area contributed by atoms with Gasteiger partial charge in [0.05, 0.1) is 32.6 Å². The number of H-pyrrole nitrogens is 2. The topological polar surface area (TPSA) is 125 Å². The van der Waals surface area contributed by atoms with E-state index in [9.17, 15) is 18.0 Å². The predicted molar refractivity (Wildman–Crippen MR) is 98.8 cm³/mol. The molecule has 4 aromatic rings. The molecule has 4 rings (SSSR count). The van der Waals surface area contributed by atoms with Crippen molar-refractivity contribution in [1.82, 2.24) is 19.7 Å². The highest BCUT2D eigenvalue weighted by molar-refractivity contribution is 7.89. The summed E-state index contributed by atoms with van der Waals surface area (Å²) in [6.45, 7) is 0.0434. The summed E-state index contributed by atoms with van der Waals surface area (Å²) in [7, 11) is -3.84. The lowest BCUT2D eigenvalue weighted by atomic mass is 10.2. The van der Waals surface area contributed by atoms with E-state index in [1.807, 2.05) is 24.3 Å². The second kappa shape index (κ2) is 6.16. The Bertz CT molecular complexity index is 1320. The van der Waals surface area contributed by atoms with Crippen LogP contribution in [0, 0.1) is 0 Å². The number of hydrogen-bond acceptors (Lipinski definition) is 6. The van der Waals surface area contributed by atoms with E-state index in [2.05, 4.69) is 19.7 Å². The molecule has 2 aromatic carbocycles. The fraction of sp³-hybridized carbons (Fsp3) is 0.0625. The third-order valence-corrected chi connectivity index (χ3v) is 6.21. The van der Waals surface area contributed by atoms with Gasteiger partial charge in [-0.15, -0.1) is 11.3 Å². The zero-order chi connectivity index (χ0) is 18.3. The van der Waals surface area contributed by atoms with Crippen LogP contribution >= 0.6 is 11.3 Å². The maximum absolute atomic E-state index is 12.5. The van der Waals surface area contributed by atoms with E-state index >= 15 is 0 Å². The largest absolute Gasteiger partial charge is 0.326 e. The van der Waals surface area contributed by atoms with E-state index in [0.29, 0.717) is 5.01 Å². The molecule has 0 fully saturated rings. The molecule has 0 spiro atoms. The Morgan fingerprint density at radius 1 is 1.08 bits per heavy atom. The van der Waals surface area contributed by atoms with Gasteiger partial charge in [0.1, 0.15) is 5.01 Å². The Labute approximate surface area is 150 Å². The van der Waals surface area contributed by atoms with Gasteiger partial charge in [-0.25, -0.2) is 22.9 Å². The number of sulfonamides is 1. The number of nitrogens with one attached hydrogen (secondary N) is 3. The molecule has 2 heterocycles. The maximum Gasteiger partial charge on any atom is 0.326 e. The van der Waals surface area contributed by atoms with E-state index in [4.69, 9.17) is 0 Å². The lowest BCUT2D eigenvalue weighted by Crippen LogP contribution is -2.25. The molecule has 0 unspecified atom stereocenters. The number of rotatable bonds is 4. The summed E-state index contributed by atoms with van der Waals surface area (Å²) in [4.78, 5) is 32.0. The van der Waals surface area contributed by atoms with E-state index in [1.165, 1.54) is 29.5 Å². The minimum absolute atomic E-state index is 0.0434. The lowest BCUT2D eigenvalue weighted by molar-refractivity contribution is 0.581. The number of aromatic amines is 2. The molecule has 2 aromatic heterocycles. The van der Waals surface area contributed by atoms with E-state index in [0.717, 1.165) is 10.2 Å². The SMILES string of the molecule is O=c1[nH]c(=O)c2cc(S(=O)(=O)NCc3nc4ccccc4s3)ccc2[nH]1. The highest BCUT2D eigenvalue weighted by Crippen LogP contribution is 2.22. The highest BCUT2D eigenvalue weighted by atomic mass is 32.2. The zero-order valence-electron chi connectivity index (χ0n) is 13.1. The Morgan fingerprint density at radius 3 is 2.69 bits per heavy atom. The first-order chi connectivity index (χ1) is 12.4. The van der Waals surface area contributed by atoms with Crippen LogP contribution in [0.3, 0.4) is 0 Å². The van der Waals surface area contributed by atoms with Crippen molar-refractivity contribution in [2.75, 3.05) is 0 Å². The second-order valence-electron chi connectivity index (χ2n) is 5.52. The molecule has 0 bridgehead atoms. The minimum atomic E-state index is -3.84. The molecular weight excluding hydrogens is 376 g/mol. The first-order valence-electron chi connectivity index (χ1n) is 7.53. The maximum atomic E-state index is 12.5. The molecule has 8 nitrogen and oxygen atoms in total. The number of para-hydroxylation sites is 1. The summed E-state index contributed by atoms with van der Waals surface area (Å²) in [6.07, 6.45) is 0. The quantitative estimate of drug-likeness (QED) is 0.486. The minimum Gasteiger partial charge on any atom is -0.307 e. The van der Waals surface area contributed by atoms with Gasteiger partial charge in [0.15, 0.2) is 0 Å². The summed E-state index contributed by atoms with van der Waals surface area (Å²) in [5.41, 5.74) is -0.212. The van der Waals surface area contributed by atoms with Crippen molar-refractivity contribution in [1.29, 1.82) is 0 Å². The lowest BCUT2D eigenvalue weighted by Gasteiger charge is -2.06. The number of nitrogens with zero attached hydrogens (tertiary/aromatic N) is 1. The Balaban J connectivity index is 1.64. The van der Waals surface area contributed by atoms with Crippen LogP contribution in [0.25, 0.3) is 21.1 Å². The molecule has 132 valence electrons. The van der Waals surface area contributed by atoms with Gasteiger partial charge in [0.25, 0.3) is 5.56 Å². The standard InChI is InChI=1S/C16H12N4O4S2/c21-15-10-7-9(5-6-11(10)19-16(22)20-15)26(23,24)17-8-14-18-12-3-1-2-4-13(12)25-14/h1-7,17H,8H2,(H2,19,20,21,22). The molecule has 26 heavy (non-hydrogen) atoms. The van der Waals surface area contributed by atoms with E-state index in [-0.39, 0.29) is 22.3 Å². The zero-order valence-corrected chi connectivity index (χ0v) is 14.8. The third kappa shape index (κ3) is 3.05. The fourth-order valence-electron chi connectivity index (χ4n) is 2.55. The van der Waals surface area contributed by atoms with Gasteiger partial charge in [0, 0.05) is 0 Å². The summed E-state index contributed by atoms with van der Waals surface area (Å²) in [5.74, 6) is 0. The molecule has 0 radical (unpaired) electrons. The van der Waals surface area contributed by atoms with Crippen LogP contribution in [-0.2, 0) is 16.6 Å². The van der Waals surface area contributed by atoms with Crippen LogP contribution in [-0.4, -0.2) is 23.4 Å². The van der Waals surface area contributed by atoms with Crippen molar-refractivity contribution in [3.63, 3.8) is 0 Å². The van der Waals surface area contributed by atoms with Crippen LogP contribution in [0.1, 0.15) is 5.01 Å². The number of aromatic nitrogens is 3. The van der Waals surface area contributed by atoms with Crippen LogP contribution in [0.2, 0.25) is 0 Å². The molecule has 0 aliphatic carbocycles. The Hall–Kier alpha value is -2.82. The summed E-state index contributed by atoms with van der Waals surface area (Å²) < 4.78 is 28.5. The molecule has 10 heteroatoms. The van der Waals surface area contributed by atoms with Gasteiger partial charge in [-0.1, -0.05) is 12.1 Å². The van der Waals surface area contributed by atoms with Crippen molar-refractivity contribution in [3.05, 3.63) is 68.3 Å². The smallest absolute Gasteiger partial charge is 0.307 e. The van der Waals surface area contributed by atoms with Gasteiger partial charge in [-0.2, -0.15) is 0 Å². The van der Waals surface area contributed by atoms with Crippen molar-refractivity contribution in [2.45, 2.75) is 11.4 Å². The number of benzene rings is 2. The average Bonchev–Trinajstić information content (AvgIpc) is 3.03. The molecule has 0 saturated heterocycles. The van der Waals surface area contributed by atoms with Gasteiger partial charge in [-0.3, -0.25) is 9.78 Å². The highest BCUT2D eigenvalue weighted by Gasteiger charge is 2.16. The predicted octanol–water partition coefficient (Wildman–Crippen LogP) is 1.30. The van der Waals surface area contributed by atoms with E-state index < -0.39 is 21.3 Å². The van der Waals surface area contributed by atoms with Crippen LogP contribution < -0.4 is 16.0 Å². The Kier molecular flexibility index (Phi) is 3.94. The van der Waals surface area contributed by atoms with E-state index in [1.54, 1.807) is 0 Å². The molecule has 0 saturated carbocycles. The summed E-state index contributed by atoms with van der Waals surface area (Å²) >= 11 is 1.41. The van der Waals surface area contributed by atoms with Gasteiger partial charge in [-0.05, 0) is 30.3 Å². The molecule has 0 aliphatic heterocycles. The monoisotopic (exact) mass is 388 g/mol. The van der Waals surface area contributed by atoms with Crippen LogP contribution in [0.4, 0.5) is 0 Å². The first-order valence-corrected chi connectivity index (χ1v) is 9.83. The summed E-state index contributed by atoms with van der Waals surface area (Å²) in [5, 5.41) is 0.727. The fourth-order valence-corrected chi connectivity index (χ4v) is 4.56. The van der Waals surface area contributed by atoms with Crippen LogP contribution in [0.15, 0.2) is 56.9 Å².